The van der Waals surface area contributed by atoms with Gasteiger partial charge in [0.2, 0.25) is 0 Å². The highest BCUT2D eigenvalue weighted by Gasteiger charge is 2.10. The zero-order chi connectivity index (χ0) is 10.7. The summed E-state index contributed by atoms with van der Waals surface area (Å²) in [7, 11) is 0. The molecule has 0 saturated heterocycles. The van der Waals surface area contributed by atoms with Gasteiger partial charge in [-0.3, -0.25) is 4.98 Å². The molecule has 0 aliphatic heterocycles. The first-order chi connectivity index (χ1) is 7.27. The maximum Gasteiger partial charge on any atom is 0.0794 e. The Balaban J connectivity index is 2.13. The van der Waals surface area contributed by atoms with E-state index in [1.807, 2.05) is 30.5 Å². The van der Waals surface area contributed by atoms with Gasteiger partial charge >= 0.3 is 0 Å². The van der Waals surface area contributed by atoms with Crippen LogP contribution in [0, 0.1) is 0 Å². The van der Waals surface area contributed by atoms with Crippen LogP contribution in [0.15, 0.2) is 36.0 Å². The Morgan fingerprint density at radius 1 is 1.40 bits per heavy atom. The Morgan fingerprint density at radius 2 is 2.20 bits per heavy atom. The smallest absolute Gasteiger partial charge is 0.0794 e. The Hall–Kier alpha value is -0.900. The molecule has 0 aliphatic rings. The number of hydrogen-bond acceptors (Lipinski definition) is 3. The average Bonchev–Trinajstić information content (AvgIpc) is 2.74. The molecule has 78 valence electrons. The zero-order valence-corrected chi connectivity index (χ0v) is 9.63. The summed E-state index contributed by atoms with van der Waals surface area (Å²) in [6.45, 7) is 0. The van der Waals surface area contributed by atoms with E-state index in [0.29, 0.717) is 0 Å². The maximum atomic E-state index is 6.06. The molecule has 0 saturated carbocycles. The third-order valence-electron chi connectivity index (χ3n) is 2.21. The molecule has 15 heavy (non-hydrogen) atoms. The second-order valence-electron chi connectivity index (χ2n) is 3.31. The molecule has 1 aromatic heterocycles. The largest absolute Gasteiger partial charge is 0.323 e. The first kappa shape index (κ1) is 10.6. The van der Waals surface area contributed by atoms with Crippen molar-refractivity contribution in [2.45, 2.75) is 12.5 Å². The fourth-order valence-corrected chi connectivity index (χ4v) is 2.25. The van der Waals surface area contributed by atoms with Gasteiger partial charge < -0.3 is 5.73 Å². The van der Waals surface area contributed by atoms with Crippen molar-refractivity contribution in [3.05, 3.63) is 51.4 Å². The molecule has 1 heterocycles. The Morgan fingerprint density at radius 3 is 2.87 bits per heavy atom. The van der Waals surface area contributed by atoms with Gasteiger partial charge in [0.25, 0.3) is 0 Å². The molecular weight excluding hydrogens is 228 g/mol. The second kappa shape index (κ2) is 4.75. The lowest BCUT2D eigenvalue weighted by Crippen LogP contribution is -2.11. The summed E-state index contributed by atoms with van der Waals surface area (Å²) in [5.74, 6) is 0. The second-order valence-corrected chi connectivity index (χ2v) is 4.63. The van der Waals surface area contributed by atoms with Crippen LogP contribution in [0.4, 0.5) is 0 Å². The van der Waals surface area contributed by atoms with Crippen molar-refractivity contribution < 1.29 is 0 Å². The summed E-state index contributed by atoms with van der Waals surface area (Å²) in [5, 5.41) is 0.775. The molecule has 0 radical (unpaired) electrons. The SMILES string of the molecule is NC(Cc1ccccc1Cl)c1cncs1. The van der Waals surface area contributed by atoms with Gasteiger partial charge in [0, 0.05) is 22.1 Å². The summed E-state index contributed by atoms with van der Waals surface area (Å²) in [4.78, 5) is 5.11. The predicted molar refractivity (Wildman–Crippen MR) is 64.2 cm³/mol. The monoisotopic (exact) mass is 238 g/mol. The molecule has 0 bridgehead atoms. The van der Waals surface area contributed by atoms with E-state index in [1.165, 1.54) is 0 Å². The van der Waals surface area contributed by atoms with Crippen molar-refractivity contribution in [2.24, 2.45) is 5.73 Å². The van der Waals surface area contributed by atoms with Crippen LogP contribution in [0.1, 0.15) is 16.5 Å². The minimum atomic E-state index is -0.0163. The van der Waals surface area contributed by atoms with Crippen molar-refractivity contribution in [3.63, 3.8) is 0 Å². The highest BCUT2D eigenvalue weighted by molar-refractivity contribution is 7.09. The molecular formula is C11H11ClN2S. The molecule has 2 N–H and O–H groups in total. The summed E-state index contributed by atoms with van der Waals surface area (Å²) in [6, 6.07) is 7.77. The molecule has 1 aromatic carbocycles. The van der Waals surface area contributed by atoms with Gasteiger partial charge in [-0.15, -0.1) is 11.3 Å². The number of rotatable bonds is 3. The molecule has 0 fully saturated rings. The summed E-state index contributed by atoms with van der Waals surface area (Å²) >= 11 is 7.64. The van der Waals surface area contributed by atoms with E-state index in [4.69, 9.17) is 17.3 Å². The average molecular weight is 239 g/mol. The van der Waals surface area contributed by atoms with Crippen LogP contribution in [0.2, 0.25) is 5.02 Å². The molecule has 4 heteroatoms. The summed E-state index contributed by atoms with van der Waals surface area (Å²) < 4.78 is 0. The lowest BCUT2D eigenvalue weighted by molar-refractivity contribution is 0.735. The van der Waals surface area contributed by atoms with Gasteiger partial charge in [-0.1, -0.05) is 29.8 Å². The Kier molecular flexibility index (Phi) is 3.36. The van der Waals surface area contributed by atoms with Crippen LogP contribution in [0.5, 0.6) is 0 Å². The standard InChI is InChI=1S/C11H11ClN2S/c12-9-4-2-1-3-8(9)5-10(13)11-6-14-7-15-11/h1-4,6-7,10H,5,13H2. The normalized spacial score (nSPS) is 12.7. The first-order valence-electron chi connectivity index (χ1n) is 4.65. The highest BCUT2D eigenvalue weighted by Crippen LogP contribution is 2.23. The van der Waals surface area contributed by atoms with Crippen molar-refractivity contribution >= 4 is 22.9 Å². The molecule has 0 amide bonds. The summed E-state index contributed by atoms with van der Waals surface area (Å²) in [5.41, 5.74) is 8.93. The van der Waals surface area contributed by atoms with Gasteiger partial charge in [0.05, 0.1) is 5.51 Å². The minimum Gasteiger partial charge on any atom is -0.323 e. The number of nitrogens with two attached hydrogens (primary N) is 1. The van der Waals surface area contributed by atoms with Crippen molar-refractivity contribution in [3.8, 4) is 0 Å². The van der Waals surface area contributed by atoms with Crippen molar-refractivity contribution in [1.82, 2.24) is 4.98 Å². The summed E-state index contributed by atoms with van der Waals surface area (Å²) in [6.07, 6.45) is 2.56. The highest BCUT2D eigenvalue weighted by atomic mass is 35.5. The Bertz CT molecular complexity index is 428. The first-order valence-corrected chi connectivity index (χ1v) is 5.90. The lowest BCUT2D eigenvalue weighted by Gasteiger charge is -2.10. The zero-order valence-electron chi connectivity index (χ0n) is 8.06. The number of thiazole rings is 1. The van der Waals surface area contributed by atoms with E-state index in [-0.39, 0.29) is 6.04 Å². The van der Waals surface area contributed by atoms with Crippen molar-refractivity contribution in [2.75, 3.05) is 0 Å². The number of nitrogens with zero attached hydrogens (tertiary/aromatic N) is 1. The van der Waals surface area contributed by atoms with E-state index < -0.39 is 0 Å². The van der Waals surface area contributed by atoms with E-state index >= 15 is 0 Å². The fourth-order valence-electron chi connectivity index (χ4n) is 1.41. The molecule has 2 nitrogen and oxygen atoms in total. The molecule has 1 atom stereocenters. The molecule has 0 aliphatic carbocycles. The van der Waals surface area contributed by atoms with E-state index in [9.17, 15) is 0 Å². The van der Waals surface area contributed by atoms with Gasteiger partial charge in [0.15, 0.2) is 0 Å². The van der Waals surface area contributed by atoms with Crippen LogP contribution < -0.4 is 5.73 Å². The quantitative estimate of drug-likeness (QED) is 0.893. The number of benzene rings is 1. The van der Waals surface area contributed by atoms with Crippen LogP contribution in [-0.4, -0.2) is 4.98 Å². The van der Waals surface area contributed by atoms with Gasteiger partial charge in [-0.05, 0) is 18.1 Å². The number of halogens is 1. The van der Waals surface area contributed by atoms with E-state index in [2.05, 4.69) is 4.98 Å². The van der Waals surface area contributed by atoms with Gasteiger partial charge in [-0.25, -0.2) is 0 Å². The van der Waals surface area contributed by atoms with Crippen molar-refractivity contribution in [1.29, 1.82) is 0 Å². The molecule has 2 rings (SSSR count). The molecule has 2 aromatic rings. The lowest BCUT2D eigenvalue weighted by atomic mass is 10.1. The van der Waals surface area contributed by atoms with Crippen LogP contribution in [0.25, 0.3) is 0 Å². The number of aromatic nitrogens is 1. The third kappa shape index (κ3) is 2.56. The van der Waals surface area contributed by atoms with Crippen LogP contribution >= 0.6 is 22.9 Å². The fraction of sp³-hybridized carbons (Fsp3) is 0.182. The Labute approximate surface area is 97.7 Å². The molecule has 0 spiro atoms. The number of hydrogen-bond donors (Lipinski definition) is 1. The van der Waals surface area contributed by atoms with Gasteiger partial charge in [0.1, 0.15) is 0 Å². The van der Waals surface area contributed by atoms with E-state index in [0.717, 1.165) is 21.9 Å². The maximum absolute atomic E-state index is 6.06. The van der Waals surface area contributed by atoms with Crippen LogP contribution in [-0.2, 0) is 6.42 Å². The molecule has 1 unspecified atom stereocenters. The topological polar surface area (TPSA) is 38.9 Å². The third-order valence-corrected chi connectivity index (χ3v) is 3.49. The minimum absolute atomic E-state index is 0.0163. The van der Waals surface area contributed by atoms with Gasteiger partial charge in [-0.2, -0.15) is 0 Å². The van der Waals surface area contributed by atoms with Crippen LogP contribution in [0.3, 0.4) is 0 Å². The predicted octanol–water partition coefficient (Wildman–Crippen LogP) is 3.04. The van der Waals surface area contributed by atoms with E-state index in [1.54, 1.807) is 16.8 Å².